The molecule has 0 aromatic carbocycles. The van der Waals surface area contributed by atoms with Gasteiger partial charge in [0.2, 0.25) is 11.8 Å². The van der Waals surface area contributed by atoms with E-state index in [4.69, 9.17) is 5.73 Å². The summed E-state index contributed by atoms with van der Waals surface area (Å²) >= 11 is 0. The predicted molar refractivity (Wildman–Crippen MR) is 121 cm³/mol. The third-order valence-electron chi connectivity index (χ3n) is 5.21. The van der Waals surface area contributed by atoms with Crippen LogP contribution in [0.4, 0.5) is 11.5 Å². The van der Waals surface area contributed by atoms with Gasteiger partial charge in [0.25, 0.3) is 5.56 Å². The third-order valence-corrected chi connectivity index (χ3v) is 5.21. The normalized spacial score (nSPS) is 17.5. The first-order valence-electron chi connectivity index (χ1n) is 10.9. The zero-order valence-corrected chi connectivity index (χ0v) is 19.4. The molecule has 4 N–H and O–H groups in total. The number of nitrogens with one attached hydrogen (secondary N) is 2. The summed E-state index contributed by atoms with van der Waals surface area (Å²) in [6, 6.07) is -0.427. The van der Waals surface area contributed by atoms with Crippen LogP contribution in [0.1, 0.15) is 41.5 Å². The highest BCUT2D eigenvalue weighted by molar-refractivity contribution is 5.97. The smallest absolute Gasteiger partial charge is 0.330 e. The van der Waals surface area contributed by atoms with Gasteiger partial charge >= 0.3 is 5.69 Å². The van der Waals surface area contributed by atoms with E-state index in [0.717, 1.165) is 0 Å². The molecule has 10 heteroatoms. The molecule has 2 amide bonds. The average molecular weight is 437 g/mol. The number of carbonyl (C=O) groups excluding carboxylic acids is 2. The lowest BCUT2D eigenvalue weighted by Crippen LogP contribution is -2.59. The number of amides is 2. The van der Waals surface area contributed by atoms with E-state index in [9.17, 15) is 19.2 Å². The highest BCUT2D eigenvalue weighted by Gasteiger charge is 2.35. The number of aromatic nitrogens is 2. The average Bonchev–Trinajstić information content (AvgIpc) is 2.63. The summed E-state index contributed by atoms with van der Waals surface area (Å²) in [5.41, 5.74) is 4.96. The molecule has 2 rings (SSSR count). The van der Waals surface area contributed by atoms with Crippen LogP contribution in [0.2, 0.25) is 0 Å². The van der Waals surface area contributed by atoms with Crippen LogP contribution in [0.25, 0.3) is 0 Å². The summed E-state index contributed by atoms with van der Waals surface area (Å²) in [4.78, 5) is 56.3. The second-order valence-electron chi connectivity index (χ2n) is 9.35. The van der Waals surface area contributed by atoms with Crippen LogP contribution in [0.15, 0.2) is 9.59 Å². The van der Waals surface area contributed by atoms with Crippen molar-refractivity contribution < 1.29 is 9.59 Å². The number of hydrogen-bond acceptors (Lipinski definition) is 6. The van der Waals surface area contributed by atoms with Gasteiger partial charge in [-0.15, -0.1) is 0 Å². The van der Waals surface area contributed by atoms with Crippen molar-refractivity contribution in [2.24, 2.45) is 17.8 Å². The SMILES string of the molecule is CC(C)CN(C(=O)CN1CCNC(=O)C1C(C)C)c1c(N)n(CC(C)C)c(=O)[nH]c1=O. The molecule has 1 aliphatic rings. The monoisotopic (exact) mass is 436 g/mol. The Morgan fingerprint density at radius 2 is 1.77 bits per heavy atom. The second kappa shape index (κ2) is 10.1. The predicted octanol–water partition coefficient (Wildman–Crippen LogP) is 0.220. The minimum absolute atomic E-state index is 0.0125. The van der Waals surface area contributed by atoms with Crippen LogP contribution in [0, 0.1) is 17.8 Å². The van der Waals surface area contributed by atoms with Gasteiger partial charge in [-0.2, -0.15) is 0 Å². The fourth-order valence-electron chi connectivity index (χ4n) is 3.96. The van der Waals surface area contributed by atoms with Crippen molar-refractivity contribution in [3.63, 3.8) is 0 Å². The minimum atomic E-state index is -0.687. The maximum atomic E-state index is 13.4. The first kappa shape index (κ1) is 24.6. The minimum Gasteiger partial charge on any atom is -0.383 e. The lowest BCUT2D eigenvalue weighted by atomic mass is 9.99. The molecule has 1 atom stereocenters. The van der Waals surface area contributed by atoms with Crippen LogP contribution < -0.4 is 27.2 Å². The Hall–Kier alpha value is -2.62. The number of nitrogen functional groups attached to an aromatic ring is 1. The van der Waals surface area contributed by atoms with Gasteiger partial charge in [0.05, 0.1) is 12.6 Å². The van der Waals surface area contributed by atoms with E-state index in [-0.39, 0.29) is 54.2 Å². The Morgan fingerprint density at radius 3 is 2.32 bits per heavy atom. The number of hydrogen-bond donors (Lipinski definition) is 3. The van der Waals surface area contributed by atoms with Crippen molar-refractivity contribution in [1.29, 1.82) is 0 Å². The third kappa shape index (κ3) is 5.75. The lowest BCUT2D eigenvalue weighted by molar-refractivity contribution is -0.132. The first-order chi connectivity index (χ1) is 14.4. The fraction of sp³-hybridized carbons (Fsp3) is 0.714. The molecule has 0 bridgehead atoms. The van der Waals surface area contributed by atoms with Gasteiger partial charge in [-0.05, 0) is 17.8 Å². The Kier molecular flexibility index (Phi) is 8.05. The molecular formula is C21H36N6O4. The maximum Gasteiger partial charge on any atom is 0.330 e. The summed E-state index contributed by atoms with van der Waals surface area (Å²) in [5.74, 6) is -0.264. The molecule has 1 fully saturated rings. The molecule has 1 aromatic rings. The Balaban J connectivity index is 2.46. The van der Waals surface area contributed by atoms with Crippen molar-refractivity contribution in [2.45, 2.75) is 54.1 Å². The van der Waals surface area contributed by atoms with E-state index in [2.05, 4.69) is 10.3 Å². The number of nitrogens with zero attached hydrogens (tertiary/aromatic N) is 3. The summed E-state index contributed by atoms with van der Waals surface area (Å²) in [6.07, 6.45) is 0. The van der Waals surface area contributed by atoms with Gasteiger partial charge in [0.1, 0.15) is 5.82 Å². The van der Waals surface area contributed by atoms with Crippen LogP contribution in [-0.2, 0) is 16.1 Å². The van der Waals surface area contributed by atoms with E-state index in [1.807, 2.05) is 46.4 Å². The summed E-state index contributed by atoms with van der Waals surface area (Å²) in [5, 5.41) is 2.84. The molecule has 1 saturated heterocycles. The molecular weight excluding hydrogens is 400 g/mol. The zero-order chi connectivity index (χ0) is 23.5. The standard InChI is InChI=1S/C21H36N6O4/c1-12(2)9-26(15(28)11-25-8-7-23-19(29)16(25)14(5)6)17-18(22)27(10-13(3)4)21(31)24-20(17)30/h12-14,16H,7-11,22H2,1-6H3,(H,23,29)(H,24,30,31). The Bertz CT molecular complexity index is 917. The molecule has 0 aliphatic carbocycles. The maximum absolute atomic E-state index is 13.4. The van der Waals surface area contributed by atoms with E-state index in [1.165, 1.54) is 9.47 Å². The Labute approximate surface area is 182 Å². The number of piperazine rings is 1. The van der Waals surface area contributed by atoms with Crippen molar-refractivity contribution in [3.05, 3.63) is 20.8 Å². The lowest BCUT2D eigenvalue weighted by Gasteiger charge is -2.38. The molecule has 0 spiro atoms. The molecule has 1 unspecified atom stereocenters. The molecule has 1 aromatic heterocycles. The molecule has 10 nitrogen and oxygen atoms in total. The number of carbonyl (C=O) groups is 2. The van der Waals surface area contributed by atoms with Gasteiger partial charge in [0, 0.05) is 26.2 Å². The number of aromatic amines is 1. The van der Waals surface area contributed by atoms with Crippen LogP contribution in [-0.4, -0.2) is 58.5 Å². The highest BCUT2D eigenvalue weighted by atomic mass is 16.2. The van der Waals surface area contributed by atoms with Crippen LogP contribution in [0.3, 0.4) is 0 Å². The van der Waals surface area contributed by atoms with Gasteiger partial charge < -0.3 is 16.0 Å². The number of H-pyrrole nitrogens is 1. The van der Waals surface area contributed by atoms with Gasteiger partial charge in [0.15, 0.2) is 5.69 Å². The number of rotatable bonds is 8. The second-order valence-corrected chi connectivity index (χ2v) is 9.35. The van der Waals surface area contributed by atoms with E-state index >= 15 is 0 Å². The molecule has 31 heavy (non-hydrogen) atoms. The summed E-state index contributed by atoms with van der Waals surface area (Å²) < 4.78 is 1.30. The molecule has 174 valence electrons. The van der Waals surface area contributed by atoms with Gasteiger partial charge in [-0.1, -0.05) is 41.5 Å². The largest absolute Gasteiger partial charge is 0.383 e. The zero-order valence-electron chi connectivity index (χ0n) is 19.4. The molecule has 0 saturated carbocycles. The van der Waals surface area contributed by atoms with Crippen LogP contribution >= 0.6 is 0 Å². The van der Waals surface area contributed by atoms with Gasteiger partial charge in [-0.3, -0.25) is 28.8 Å². The van der Waals surface area contributed by atoms with Gasteiger partial charge in [-0.25, -0.2) is 4.79 Å². The van der Waals surface area contributed by atoms with Crippen molar-refractivity contribution in [3.8, 4) is 0 Å². The van der Waals surface area contributed by atoms with Crippen molar-refractivity contribution in [2.75, 3.05) is 36.8 Å². The molecule has 0 radical (unpaired) electrons. The summed E-state index contributed by atoms with van der Waals surface area (Å²) in [7, 11) is 0. The quantitative estimate of drug-likeness (QED) is 0.534. The van der Waals surface area contributed by atoms with Crippen molar-refractivity contribution >= 4 is 23.3 Å². The summed E-state index contributed by atoms with van der Waals surface area (Å²) in [6.45, 7) is 13.1. The fourth-order valence-corrected chi connectivity index (χ4v) is 3.96. The van der Waals surface area contributed by atoms with E-state index < -0.39 is 17.3 Å². The molecule has 2 heterocycles. The van der Waals surface area contributed by atoms with E-state index in [1.54, 1.807) is 0 Å². The number of anilines is 2. The van der Waals surface area contributed by atoms with Crippen LogP contribution in [0.5, 0.6) is 0 Å². The highest BCUT2D eigenvalue weighted by Crippen LogP contribution is 2.21. The topological polar surface area (TPSA) is 134 Å². The number of nitrogens with two attached hydrogens (primary N) is 1. The van der Waals surface area contributed by atoms with E-state index in [0.29, 0.717) is 19.6 Å². The Morgan fingerprint density at radius 1 is 1.13 bits per heavy atom. The molecule has 1 aliphatic heterocycles. The first-order valence-corrected chi connectivity index (χ1v) is 10.9. The van der Waals surface area contributed by atoms with Crippen molar-refractivity contribution in [1.82, 2.24) is 19.8 Å².